The van der Waals surface area contributed by atoms with Crippen molar-refractivity contribution in [2.24, 2.45) is 0 Å². The van der Waals surface area contributed by atoms with Gasteiger partial charge in [-0.2, -0.15) is 0 Å². The summed E-state index contributed by atoms with van der Waals surface area (Å²) in [5.74, 6) is 0.887. The Morgan fingerprint density at radius 1 is 1.39 bits per heavy atom. The molecule has 0 saturated carbocycles. The fourth-order valence-corrected chi connectivity index (χ4v) is 1.70. The number of hydrogen-bond acceptors (Lipinski definition) is 2. The summed E-state index contributed by atoms with van der Waals surface area (Å²) in [4.78, 5) is 0. The predicted molar refractivity (Wildman–Crippen MR) is 78.4 cm³/mol. The van der Waals surface area contributed by atoms with Crippen molar-refractivity contribution < 1.29 is 4.74 Å². The van der Waals surface area contributed by atoms with Crippen LogP contribution in [0.3, 0.4) is 0 Å². The molecule has 18 heavy (non-hydrogen) atoms. The van der Waals surface area contributed by atoms with Crippen LogP contribution in [0, 0.1) is 0 Å². The van der Waals surface area contributed by atoms with Crippen molar-refractivity contribution in [1.29, 1.82) is 0 Å². The zero-order chi connectivity index (χ0) is 13.4. The highest BCUT2D eigenvalue weighted by atomic mass is 35.5. The topological polar surface area (TPSA) is 21.3 Å². The molecular weight excluding hydrogens is 246 g/mol. The fourth-order valence-electron chi connectivity index (χ4n) is 1.51. The first-order valence-electron chi connectivity index (χ1n) is 6.46. The summed E-state index contributed by atoms with van der Waals surface area (Å²) in [6.07, 6.45) is 2.06. The molecule has 0 amide bonds. The van der Waals surface area contributed by atoms with Crippen molar-refractivity contribution in [2.45, 2.75) is 33.2 Å². The molecule has 1 aromatic rings. The van der Waals surface area contributed by atoms with Crippen LogP contribution in [-0.4, -0.2) is 13.2 Å². The first kappa shape index (κ1) is 15.1. The van der Waals surface area contributed by atoms with Gasteiger partial charge in [-0.15, -0.1) is 0 Å². The highest BCUT2D eigenvalue weighted by Crippen LogP contribution is 2.23. The second-order valence-electron chi connectivity index (χ2n) is 4.32. The molecule has 0 radical (unpaired) electrons. The molecule has 2 nitrogen and oxygen atoms in total. The van der Waals surface area contributed by atoms with Gasteiger partial charge in [0.05, 0.1) is 0 Å². The average molecular weight is 268 g/mol. The zero-order valence-corrected chi connectivity index (χ0v) is 12.0. The molecule has 1 rings (SSSR count). The Balaban J connectivity index is 2.66. The van der Waals surface area contributed by atoms with Crippen LogP contribution >= 0.6 is 11.6 Å². The van der Waals surface area contributed by atoms with Crippen LogP contribution in [0.25, 0.3) is 0 Å². The van der Waals surface area contributed by atoms with Crippen LogP contribution in [-0.2, 0) is 6.54 Å². The molecule has 0 unspecified atom stereocenters. The zero-order valence-electron chi connectivity index (χ0n) is 11.3. The Morgan fingerprint density at radius 3 is 2.83 bits per heavy atom. The van der Waals surface area contributed by atoms with E-state index < -0.39 is 0 Å². The molecule has 0 aliphatic heterocycles. The Kier molecular flexibility index (Phi) is 6.84. The molecular formula is C15H22ClNO. The van der Waals surface area contributed by atoms with Crippen molar-refractivity contribution in [3.05, 3.63) is 40.9 Å². The van der Waals surface area contributed by atoms with E-state index in [1.165, 1.54) is 0 Å². The highest BCUT2D eigenvalue weighted by Gasteiger charge is 2.05. The quantitative estimate of drug-likeness (QED) is 0.563. The van der Waals surface area contributed by atoms with Crippen LogP contribution < -0.4 is 10.1 Å². The molecule has 1 N–H and O–H groups in total. The van der Waals surface area contributed by atoms with Crippen LogP contribution in [0.1, 0.15) is 32.3 Å². The number of nitrogens with one attached hydrogen (secondary N) is 1. The van der Waals surface area contributed by atoms with Gasteiger partial charge in [0.1, 0.15) is 12.4 Å². The smallest absolute Gasteiger partial charge is 0.124 e. The molecule has 3 heteroatoms. The third kappa shape index (κ3) is 5.11. The molecule has 0 spiro atoms. The Morgan fingerprint density at radius 2 is 2.17 bits per heavy atom. The number of benzene rings is 1. The molecule has 0 saturated heterocycles. The van der Waals surface area contributed by atoms with E-state index in [4.69, 9.17) is 16.3 Å². The maximum atomic E-state index is 6.02. The van der Waals surface area contributed by atoms with E-state index in [0.29, 0.717) is 6.61 Å². The molecule has 1 aromatic carbocycles. The molecule has 0 fully saturated rings. The van der Waals surface area contributed by atoms with Gasteiger partial charge in [-0.3, -0.25) is 0 Å². The molecule has 0 aliphatic rings. The summed E-state index contributed by atoms with van der Waals surface area (Å²) in [7, 11) is 0. The number of rotatable bonds is 8. The Labute approximate surface area is 115 Å². The first-order chi connectivity index (χ1) is 8.67. The van der Waals surface area contributed by atoms with E-state index >= 15 is 0 Å². The molecule has 0 atom stereocenters. The van der Waals surface area contributed by atoms with Gasteiger partial charge < -0.3 is 10.1 Å². The molecule has 0 bridgehead atoms. The highest BCUT2D eigenvalue weighted by molar-refractivity contribution is 6.30. The Hall–Kier alpha value is -0.990. The number of ether oxygens (including phenoxy) is 1. The van der Waals surface area contributed by atoms with E-state index in [1.54, 1.807) is 0 Å². The van der Waals surface area contributed by atoms with Crippen molar-refractivity contribution in [3.8, 4) is 5.75 Å². The minimum absolute atomic E-state index is 0.568. The van der Waals surface area contributed by atoms with Gasteiger partial charge in [0.25, 0.3) is 0 Å². The summed E-state index contributed by atoms with van der Waals surface area (Å²) in [5, 5.41) is 4.10. The summed E-state index contributed by atoms with van der Waals surface area (Å²) in [6, 6.07) is 5.73. The van der Waals surface area contributed by atoms with Crippen LogP contribution in [0.2, 0.25) is 5.02 Å². The van der Waals surface area contributed by atoms with Gasteiger partial charge >= 0.3 is 0 Å². The van der Waals surface area contributed by atoms with Crippen molar-refractivity contribution in [1.82, 2.24) is 5.32 Å². The largest absolute Gasteiger partial charge is 0.489 e. The lowest BCUT2D eigenvalue weighted by Gasteiger charge is -2.13. The lowest BCUT2D eigenvalue weighted by Crippen LogP contribution is -2.15. The average Bonchev–Trinajstić information content (AvgIpc) is 2.37. The van der Waals surface area contributed by atoms with Crippen molar-refractivity contribution in [3.63, 3.8) is 0 Å². The van der Waals surface area contributed by atoms with Gasteiger partial charge in [-0.25, -0.2) is 0 Å². The van der Waals surface area contributed by atoms with E-state index in [2.05, 4.69) is 25.7 Å². The van der Waals surface area contributed by atoms with Gasteiger partial charge in [-0.1, -0.05) is 32.0 Å². The van der Waals surface area contributed by atoms with Gasteiger partial charge in [0, 0.05) is 17.1 Å². The summed E-state index contributed by atoms with van der Waals surface area (Å²) in [6.45, 7) is 10.5. The van der Waals surface area contributed by atoms with Crippen LogP contribution in [0.5, 0.6) is 5.75 Å². The van der Waals surface area contributed by atoms with E-state index in [-0.39, 0.29) is 0 Å². The second-order valence-corrected chi connectivity index (χ2v) is 4.76. The van der Waals surface area contributed by atoms with Gasteiger partial charge in [0.15, 0.2) is 0 Å². The number of halogens is 1. The normalized spacial score (nSPS) is 10.4. The SMILES string of the molecule is C=C(CC)COc1ccc(Cl)cc1CNCCC. The minimum Gasteiger partial charge on any atom is -0.489 e. The maximum absolute atomic E-state index is 6.02. The third-order valence-electron chi connectivity index (χ3n) is 2.70. The first-order valence-corrected chi connectivity index (χ1v) is 6.83. The molecule has 0 heterocycles. The lowest BCUT2D eigenvalue weighted by molar-refractivity contribution is 0.344. The van der Waals surface area contributed by atoms with E-state index in [1.807, 2.05) is 18.2 Å². The van der Waals surface area contributed by atoms with E-state index in [0.717, 1.165) is 47.8 Å². The minimum atomic E-state index is 0.568. The standard InChI is InChI=1S/C15H22ClNO/c1-4-8-17-10-13-9-14(16)6-7-15(13)18-11-12(3)5-2/h6-7,9,17H,3-5,8,10-11H2,1-2H3. The van der Waals surface area contributed by atoms with Crippen molar-refractivity contribution >= 4 is 11.6 Å². The van der Waals surface area contributed by atoms with Crippen molar-refractivity contribution in [2.75, 3.05) is 13.2 Å². The molecule has 0 aromatic heterocycles. The predicted octanol–water partition coefficient (Wildman–Crippen LogP) is 4.18. The summed E-state index contributed by atoms with van der Waals surface area (Å²) in [5.41, 5.74) is 2.19. The second kappa shape index (κ2) is 8.17. The van der Waals surface area contributed by atoms with Crippen LogP contribution in [0.15, 0.2) is 30.4 Å². The summed E-state index contributed by atoms with van der Waals surface area (Å²) >= 11 is 6.02. The molecule has 100 valence electrons. The van der Waals surface area contributed by atoms with Gasteiger partial charge in [0.2, 0.25) is 0 Å². The molecule has 0 aliphatic carbocycles. The van der Waals surface area contributed by atoms with E-state index in [9.17, 15) is 0 Å². The number of hydrogen-bond donors (Lipinski definition) is 1. The monoisotopic (exact) mass is 267 g/mol. The van der Waals surface area contributed by atoms with Gasteiger partial charge in [-0.05, 0) is 43.2 Å². The fraction of sp³-hybridized carbons (Fsp3) is 0.467. The van der Waals surface area contributed by atoms with Crippen LogP contribution in [0.4, 0.5) is 0 Å². The summed E-state index contributed by atoms with van der Waals surface area (Å²) < 4.78 is 5.78. The Bertz CT molecular complexity index is 390. The third-order valence-corrected chi connectivity index (χ3v) is 2.93. The lowest BCUT2D eigenvalue weighted by atomic mass is 10.2. The maximum Gasteiger partial charge on any atom is 0.124 e.